The minimum Gasteiger partial charge on any atom is -0.459 e. The quantitative estimate of drug-likeness (QED) is 0.288. The standard InChI is InChI=1S/C33H28FN5O4/c34-21-7-9-22(10-8-21)36-11-13-38(14-12-36)26-20-25(37-15-17-39(18-16-37)33(41)27-6-3-19-42-27)28-29-30(26)35-43-32(29)24-5-2-1-4-23(24)31(28)40/h1-10,19-20H,11-18H2. The van der Waals surface area contributed by atoms with Gasteiger partial charge in [0.05, 0.1) is 28.6 Å². The minimum atomic E-state index is -0.247. The molecule has 3 aliphatic rings. The largest absolute Gasteiger partial charge is 0.459 e. The van der Waals surface area contributed by atoms with E-state index in [4.69, 9.17) is 8.94 Å². The summed E-state index contributed by atoms with van der Waals surface area (Å²) in [6.45, 7) is 5.10. The van der Waals surface area contributed by atoms with Crippen LogP contribution in [0.15, 0.2) is 81.9 Å². The highest BCUT2D eigenvalue weighted by atomic mass is 19.1. The lowest BCUT2D eigenvalue weighted by atomic mass is 9.86. The zero-order valence-electron chi connectivity index (χ0n) is 23.3. The number of aromatic nitrogens is 1. The highest BCUT2D eigenvalue weighted by molar-refractivity contribution is 6.28. The summed E-state index contributed by atoms with van der Waals surface area (Å²) >= 11 is 0. The maximum absolute atomic E-state index is 14.1. The molecular formula is C33H28FN5O4. The van der Waals surface area contributed by atoms with E-state index in [9.17, 15) is 14.0 Å². The molecule has 0 bridgehead atoms. The van der Waals surface area contributed by atoms with Crippen molar-refractivity contribution in [2.75, 3.05) is 67.1 Å². The van der Waals surface area contributed by atoms with Gasteiger partial charge in [-0.05, 0) is 42.5 Å². The second-order valence-corrected chi connectivity index (χ2v) is 11.1. The summed E-state index contributed by atoms with van der Waals surface area (Å²) in [5, 5.41) is 5.27. The molecule has 2 aliphatic heterocycles. The predicted molar refractivity (Wildman–Crippen MR) is 161 cm³/mol. The molecule has 0 spiro atoms. The van der Waals surface area contributed by atoms with Gasteiger partial charge in [0, 0.05) is 69.2 Å². The molecule has 0 unspecified atom stereocenters. The van der Waals surface area contributed by atoms with Gasteiger partial charge < -0.3 is 28.5 Å². The van der Waals surface area contributed by atoms with E-state index >= 15 is 0 Å². The van der Waals surface area contributed by atoms with Gasteiger partial charge >= 0.3 is 0 Å². The Bertz CT molecular complexity index is 1850. The van der Waals surface area contributed by atoms with Gasteiger partial charge in [-0.15, -0.1) is 0 Å². The molecule has 0 saturated carbocycles. The number of benzene rings is 3. The molecule has 216 valence electrons. The molecule has 2 saturated heterocycles. The molecule has 43 heavy (non-hydrogen) atoms. The summed E-state index contributed by atoms with van der Waals surface area (Å²) in [6.07, 6.45) is 1.50. The van der Waals surface area contributed by atoms with Crippen molar-refractivity contribution in [3.8, 4) is 11.3 Å². The maximum Gasteiger partial charge on any atom is 0.289 e. The molecule has 3 aromatic carbocycles. The number of fused-ring (bicyclic) bond motifs is 2. The Labute approximate surface area is 246 Å². The molecule has 1 aliphatic carbocycles. The van der Waals surface area contributed by atoms with Crippen molar-refractivity contribution < 1.29 is 22.9 Å². The summed E-state index contributed by atoms with van der Waals surface area (Å²) in [5.74, 6) is 0.510. The zero-order valence-corrected chi connectivity index (χ0v) is 23.3. The van der Waals surface area contributed by atoms with Crippen LogP contribution in [0, 0.1) is 5.82 Å². The Kier molecular flexibility index (Phi) is 5.95. The molecule has 8 rings (SSSR count). The Balaban J connectivity index is 1.16. The van der Waals surface area contributed by atoms with Crippen LogP contribution in [0.25, 0.3) is 22.2 Å². The van der Waals surface area contributed by atoms with Crippen molar-refractivity contribution in [1.82, 2.24) is 10.1 Å². The number of rotatable bonds is 4. The number of nitrogens with zero attached hydrogens (tertiary/aromatic N) is 5. The molecule has 1 amide bonds. The number of anilines is 3. The Morgan fingerprint density at radius 2 is 1.44 bits per heavy atom. The predicted octanol–water partition coefficient (Wildman–Crippen LogP) is 5.06. The maximum atomic E-state index is 14.1. The lowest BCUT2D eigenvalue weighted by molar-refractivity contribution is 0.0714. The summed E-state index contributed by atoms with van der Waals surface area (Å²) in [4.78, 5) is 35.5. The Hall–Kier alpha value is -5.12. The molecule has 2 aromatic heterocycles. The van der Waals surface area contributed by atoms with Crippen molar-refractivity contribution in [2.24, 2.45) is 0 Å². The van der Waals surface area contributed by atoms with Crippen LogP contribution in [0.2, 0.25) is 0 Å². The van der Waals surface area contributed by atoms with E-state index in [1.165, 1.54) is 18.4 Å². The molecule has 9 nitrogen and oxygen atoms in total. The SMILES string of the molecule is O=C1c2ccccc2-c2onc3c(N4CCN(c5ccc(F)cc5)CC4)cc(N4CCN(C(=O)c5ccco5)CC4)c1c23. The highest BCUT2D eigenvalue weighted by Crippen LogP contribution is 2.47. The average molecular weight is 578 g/mol. The van der Waals surface area contributed by atoms with Crippen molar-refractivity contribution in [3.05, 3.63) is 95.7 Å². The van der Waals surface area contributed by atoms with Crippen LogP contribution in [0.4, 0.5) is 21.5 Å². The number of carbonyl (C=O) groups is 2. The van der Waals surface area contributed by atoms with Gasteiger partial charge in [-0.3, -0.25) is 9.59 Å². The second-order valence-electron chi connectivity index (χ2n) is 11.1. The van der Waals surface area contributed by atoms with Gasteiger partial charge in [0.25, 0.3) is 5.91 Å². The number of piperazine rings is 2. The lowest BCUT2D eigenvalue weighted by Crippen LogP contribution is -2.49. The van der Waals surface area contributed by atoms with Gasteiger partial charge in [-0.25, -0.2) is 4.39 Å². The van der Waals surface area contributed by atoms with Gasteiger partial charge in [-0.2, -0.15) is 0 Å². The van der Waals surface area contributed by atoms with Crippen LogP contribution in [-0.2, 0) is 0 Å². The van der Waals surface area contributed by atoms with E-state index in [2.05, 4.69) is 25.9 Å². The van der Waals surface area contributed by atoms with Crippen molar-refractivity contribution in [1.29, 1.82) is 0 Å². The molecule has 10 heteroatoms. The van der Waals surface area contributed by atoms with E-state index in [-0.39, 0.29) is 17.5 Å². The molecule has 5 aromatic rings. The fourth-order valence-electron chi connectivity index (χ4n) is 6.58. The van der Waals surface area contributed by atoms with Crippen LogP contribution < -0.4 is 14.7 Å². The monoisotopic (exact) mass is 577 g/mol. The highest BCUT2D eigenvalue weighted by Gasteiger charge is 2.36. The van der Waals surface area contributed by atoms with E-state index in [1.54, 1.807) is 17.0 Å². The molecular weight excluding hydrogens is 549 g/mol. The molecule has 0 atom stereocenters. The lowest BCUT2D eigenvalue weighted by Gasteiger charge is -2.39. The van der Waals surface area contributed by atoms with Crippen molar-refractivity contribution in [2.45, 2.75) is 0 Å². The molecule has 0 N–H and O–H groups in total. The fraction of sp³-hybridized carbons (Fsp3) is 0.242. The number of hydrogen-bond donors (Lipinski definition) is 0. The van der Waals surface area contributed by atoms with Crippen LogP contribution in [0.5, 0.6) is 0 Å². The van der Waals surface area contributed by atoms with Crippen LogP contribution >= 0.6 is 0 Å². The number of hydrogen-bond acceptors (Lipinski definition) is 8. The number of amides is 1. The molecule has 0 radical (unpaired) electrons. The first-order valence-corrected chi connectivity index (χ1v) is 14.5. The fourth-order valence-corrected chi connectivity index (χ4v) is 6.58. The van der Waals surface area contributed by atoms with Crippen molar-refractivity contribution in [3.63, 3.8) is 0 Å². The normalized spacial score (nSPS) is 16.6. The molecule has 4 heterocycles. The van der Waals surface area contributed by atoms with Gasteiger partial charge in [-0.1, -0.05) is 29.4 Å². The summed E-state index contributed by atoms with van der Waals surface area (Å²) < 4.78 is 24.8. The first kappa shape index (κ1) is 25.6. The van der Waals surface area contributed by atoms with E-state index in [1.807, 2.05) is 36.4 Å². The summed E-state index contributed by atoms with van der Waals surface area (Å²) in [6, 6.07) is 19.6. The van der Waals surface area contributed by atoms with Crippen LogP contribution in [0.1, 0.15) is 26.5 Å². The number of ketones is 1. The Morgan fingerprint density at radius 3 is 2.16 bits per heavy atom. The number of halogens is 1. The van der Waals surface area contributed by atoms with E-state index in [0.717, 1.165) is 54.2 Å². The van der Waals surface area contributed by atoms with Crippen LogP contribution in [-0.4, -0.2) is 74.1 Å². The first-order chi connectivity index (χ1) is 21.1. The van der Waals surface area contributed by atoms with Crippen molar-refractivity contribution >= 4 is 39.7 Å². The van der Waals surface area contributed by atoms with E-state index < -0.39 is 0 Å². The first-order valence-electron chi connectivity index (χ1n) is 14.5. The smallest absolute Gasteiger partial charge is 0.289 e. The zero-order chi connectivity index (χ0) is 29.1. The van der Waals surface area contributed by atoms with Gasteiger partial charge in [0.2, 0.25) is 0 Å². The van der Waals surface area contributed by atoms with E-state index in [0.29, 0.717) is 54.3 Å². The van der Waals surface area contributed by atoms with Crippen LogP contribution in [0.3, 0.4) is 0 Å². The second kappa shape index (κ2) is 10.0. The van der Waals surface area contributed by atoms with Gasteiger partial charge in [0.15, 0.2) is 17.3 Å². The average Bonchev–Trinajstić information content (AvgIpc) is 3.75. The Morgan fingerprint density at radius 1 is 0.767 bits per heavy atom. The minimum absolute atomic E-state index is 0.0481. The summed E-state index contributed by atoms with van der Waals surface area (Å²) in [5.41, 5.74) is 5.37. The number of furan rings is 1. The third kappa shape index (κ3) is 4.16. The third-order valence-electron chi connectivity index (χ3n) is 8.81. The van der Waals surface area contributed by atoms with Gasteiger partial charge in [0.1, 0.15) is 11.3 Å². The number of carbonyl (C=O) groups excluding carboxylic acids is 2. The topological polar surface area (TPSA) is 86.3 Å². The third-order valence-corrected chi connectivity index (χ3v) is 8.81. The molecule has 2 fully saturated rings. The summed E-state index contributed by atoms with van der Waals surface area (Å²) in [7, 11) is 0.